The number of carbonyl (C=O) groups excluding carboxylic acids is 1. The lowest BCUT2D eigenvalue weighted by Gasteiger charge is -2.21. The van der Waals surface area contributed by atoms with Crippen LogP contribution < -0.4 is 5.32 Å². The number of thiophene rings is 1. The highest BCUT2D eigenvalue weighted by atomic mass is 32.1. The number of fused-ring (bicyclic) bond motifs is 4. The molecule has 1 atom stereocenters. The molecular formula is C24H22N6OS. The first-order chi connectivity index (χ1) is 15.6. The van der Waals surface area contributed by atoms with Gasteiger partial charge < -0.3 is 5.32 Å². The first-order valence-electron chi connectivity index (χ1n) is 10.8. The number of ketones is 1. The van der Waals surface area contributed by atoms with Gasteiger partial charge in [-0.3, -0.25) is 14.5 Å². The molecule has 0 fully saturated rings. The number of rotatable bonds is 5. The van der Waals surface area contributed by atoms with Crippen molar-refractivity contribution < 1.29 is 4.79 Å². The fourth-order valence-electron chi connectivity index (χ4n) is 4.68. The molecule has 1 aliphatic heterocycles. The van der Waals surface area contributed by atoms with Crippen LogP contribution >= 0.6 is 11.3 Å². The minimum atomic E-state index is 0.0398. The average molecular weight is 443 g/mol. The number of hydrogen-bond donors (Lipinski definition) is 1. The standard InChI is InChI=1S/C24H22N6OS/c1-30-7-6-18(29-30)10-20(31)14-3-5-19-21(9-14)32-24-22(19)23(26-13-27-24)28-17-4-2-15-11-25-12-16(15)8-17/h2,4,6-8,12-14H,3,5,9-11H2,1H3,(H,26,27,28). The van der Waals surface area contributed by atoms with Crippen LogP contribution in [-0.4, -0.2) is 31.7 Å². The highest BCUT2D eigenvalue weighted by Gasteiger charge is 2.29. The highest BCUT2D eigenvalue weighted by Crippen LogP contribution is 2.40. The number of benzene rings is 1. The number of anilines is 2. The summed E-state index contributed by atoms with van der Waals surface area (Å²) in [7, 11) is 1.88. The third kappa shape index (κ3) is 3.40. The lowest BCUT2D eigenvalue weighted by molar-refractivity contribution is -0.122. The maximum absolute atomic E-state index is 12.9. The van der Waals surface area contributed by atoms with E-state index in [-0.39, 0.29) is 11.7 Å². The molecule has 3 aromatic heterocycles. The van der Waals surface area contributed by atoms with Crippen LogP contribution in [0.15, 0.2) is 41.8 Å². The Balaban J connectivity index is 1.27. The summed E-state index contributed by atoms with van der Waals surface area (Å²) >= 11 is 1.69. The van der Waals surface area contributed by atoms with Crippen molar-refractivity contribution in [3.63, 3.8) is 0 Å². The second kappa shape index (κ2) is 7.63. The lowest BCUT2D eigenvalue weighted by atomic mass is 9.84. The molecule has 0 spiro atoms. The highest BCUT2D eigenvalue weighted by molar-refractivity contribution is 7.19. The number of carbonyl (C=O) groups is 1. The summed E-state index contributed by atoms with van der Waals surface area (Å²) in [5.74, 6) is 1.15. The molecule has 0 radical (unpaired) electrons. The van der Waals surface area contributed by atoms with Crippen molar-refractivity contribution in [1.29, 1.82) is 0 Å². The monoisotopic (exact) mass is 442 g/mol. The zero-order valence-electron chi connectivity index (χ0n) is 17.7. The van der Waals surface area contributed by atoms with E-state index >= 15 is 0 Å². The van der Waals surface area contributed by atoms with Crippen LogP contribution in [-0.2, 0) is 37.6 Å². The topological polar surface area (TPSA) is 85.1 Å². The van der Waals surface area contributed by atoms with Gasteiger partial charge in [0.05, 0.1) is 24.0 Å². The van der Waals surface area contributed by atoms with E-state index in [1.807, 2.05) is 25.5 Å². The first kappa shape index (κ1) is 19.3. The molecule has 1 aliphatic carbocycles. The maximum Gasteiger partial charge on any atom is 0.142 e. The van der Waals surface area contributed by atoms with Crippen LogP contribution in [0.2, 0.25) is 0 Å². The van der Waals surface area contributed by atoms with Gasteiger partial charge in [0.2, 0.25) is 0 Å². The number of aryl methyl sites for hydroxylation is 2. The molecule has 0 saturated heterocycles. The Hall–Kier alpha value is -3.39. The van der Waals surface area contributed by atoms with Gasteiger partial charge in [0, 0.05) is 35.9 Å². The number of Topliss-reactive ketones (excluding diaryl/α,β-unsaturated/α-hetero) is 1. The van der Waals surface area contributed by atoms with Crippen molar-refractivity contribution in [1.82, 2.24) is 19.7 Å². The van der Waals surface area contributed by atoms with Gasteiger partial charge in [-0.25, -0.2) is 9.97 Å². The third-order valence-corrected chi connectivity index (χ3v) is 7.49. The van der Waals surface area contributed by atoms with Crippen LogP contribution in [0.4, 0.5) is 11.5 Å². The van der Waals surface area contributed by atoms with Crippen molar-refractivity contribution in [2.75, 3.05) is 5.32 Å². The van der Waals surface area contributed by atoms with E-state index in [0.29, 0.717) is 6.42 Å². The minimum absolute atomic E-state index is 0.0398. The number of hydrogen-bond acceptors (Lipinski definition) is 7. The zero-order chi connectivity index (χ0) is 21.7. The summed E-state index contributed by atoms with van der Waals surface area (Å²) in [6.45, 7) is 0.756. The Bertz CT molecular complexity index is 1380. The van der Waals surface area contributed by atoms with E-state index in [1.165, 1.54) is 16.0 Å². The molecule has 4 aromatic rings. The Morgan fingerprint density at radius 1 is 1.28 bits per heavy atom. The van der Waals surface area contributed by atoms with Gasteiger partial charge in [0.1, 0.15) is 22.8 Å². The van der Waals surface area contributed by atoms with Crippen molar-refractivity contribution in [3.05, 3.63) is 64.1 Å². The van der Waals surface area contributed by atoms with Crippen LogP contribution in [0.25, 0.3) is 10.2 Å². The smallest absolute Gasteiger partial charge is 0.142 e. The summed E-state index contributed by atoms with van der Waals surface area (Å²) in [6, 6.07) is 8.23. The van der Waals surface area contributed by atoms with E-state index in [0.717, 1.165) is 58.8 Å². The first-order valence-corrected chi connectivity index (χ1v) is 11.6. The number of aliphatic imine (C=N–C) groups is 1. The Morgan fingerprint density at radius 3 is 3.09 bits per heavy atom. The molecule has 1 unspecified atom stereocenters. The summed E-state index contributed by atoms with van der Waals surface area (Å²) < 4.78 is 1.74. The van der Waals surface area contributed by atoms with Crippen molar-refractivity contribution in [3.8, 4) is 0 Å². The molecule has 4 heterocycles. The molecule has 0 saturated carbocycles. The zero-order valence-corrected chi connectivity index (χ0v) is 18.5. The minimum Gasteiger partial charge on any atom is -0.340 e. The molecule has 0 amide bonds. The second-order valence-electron chi connectivity index (χ2n) is 8.48. The molecule has 8 heteroatoms. The summed E-state index contributed by atoms with van der Waals surface area (Å²) in [5, 5.41) is 8.95. The molecule has 7 nitrogen and oxygen atoms in total. The van der Waals surface area contributed by atoms with Crippen LogP contribution in [0.3, 0.4) is 0 Å². The van der Waals surface area contributed by atoms with E-state index in [4.69, 9.17) is 0 Å². The van der Waals surface area contributed by atoms with Crippen molar-refractivity contribution in [2.45, 2.75) is 32.2 Å². The molecule has 6 rings (SSSR count). The van der Waals surface area contributed by atoms with Gasteiger partial charge in [0.25, 0.3) is 0 Å². The number of nitrogens with zero attached hydrogens (tertiary/aromatic N) is 5. The molecule has 0 bridgehead atoms. The van der Waals surface area contributed by atoms with Gasteiger partial charge in [-0.15, -0.1) is 11.3 Å². The largest absolute Gasteiger partial charge is 0.340 e. The van der Waals surface area contributed by atoms with Crippen LogP contribution in [0.5, 0.6) is 0 Å². The van der Waals surface area contributed by atoms with E-state index in [1.54, 1.807) is 22.3 Å². The lowest BCUT2D eigenvalue weighted by Crippen LogP contribution is -2.23. The normalized spacial score (nSPS) is 16.8. The summed E-state index contributed by atoms with van der Waals surface area (Å²) in [4.78, 5) is 28.6. The number of nitrogens with one attached hydrogen (secondary N) is 1. The molecule has 2 aliphatic rings. The van der Waals surface area contributed by atoms with Crippen molar-refractivity contribution in [2.24, 2.45) is 18.0 Å². The van der Waals surface area contributed by atoms with E-state index in [2.05, 4.69) is 43.6 Å². The van der Waals surface area contributed by atoms with Gasteiger partial charge in [0.15, 0.2) is 0 Å². The molecular weight excluding hydrogens is 420 g/mol. The fraction of sp³-hybridized carbons (Fsp3) is 0.292. The predicted molar refractivity (Wildman–Crippen MR) is 126 cm³/mol. The Labute approximate surface area is 189 Å². The third-order valence-electron chi connectivity index (χ3n) is 6.33. The van der Waals surface area contributed by atoms with Gasteiger partial charge in [-0.05, 0) is 54.2 Å². The van der Waals surface area contributed by atoms with Gasteiger partial charge in [-0.1, -0.05) is 6.07 Å². The SMILES string of the molecule is Cn1ccc(CC(=O)C2CCc3c(sc4ncnc(Nc5ccc6c(c5)C=NC6)c34)C2)n1. The molecule has 32 heavy (non-hydrogen) atoms. The van der Waals surface area contributed by atoms with Crippen LogP contribution in [0, 0.1) is 5.92 Å². The van der Waals surface area contributed by atoms with Gasteiger partial charge >= 0.3 is 0 Å². The predicted octanol–water partition coefficient (Wildman–Crippen LogP) is 4.02. The van der Waals surface area contributed by atoms with E-state index < -0.39 is 0 Å². The fourth-order valence-corrected chi connectivity index (χ4v) is 5.94. The average Bonchev–Trinajstić information content (AvgIpc) is 3.51. The van der Waals surface area contributed by atoms with Crippen LogP contribution in [0.1, 0.15) is 33.7 Å². The second-order valence-corrected chi connectivity index (χ2v) is 9.56. The maximum atomic E-state index is 12.9. The van der Waals surface area contributed by atoms with Gasteiger partial charge in [-0.2, -0.15) is 5.10 Å². The summed E-state index contributed by atoms with van der Waals surface area (Å²) in [6.07, 6.45) is 8.32. The summed E-state index contributed by atoms with van der Waals surface area (Å²) in [5.41, 5.74) is 5.53. The molecule has 1 N–H and O–H groups in total. The quantitative estimate of drug-likeness (QED) is 0.505. The Morgan fingerprint density at radius 2 is 2.22 bits per heavy atom. The number of aromatic nitrogens is 4. The van der Waals surface area contributed by atoms with Crippen molar-refractivity contribution >= 4 is 45.1 Å². The Kier molecular flexibility index (Phi) is 4.61. The molecule has 160 valence electrons. The molecule has 1 aromatic carbocycles. The van der Waals surface area contributed by atoms with E-state index in [9.17, 15) is 4.79 Å².